The van der Waals surface area contributed by atoms with Crippen molar-refractivity contribution in [3.05, 3.63) is 60.3 Å². The minimum atomic E-state index is 0.712. The van der Waals surface area contributed by atoms with Crippen molar-refractivity contribution in [2.45, 2.75) is 13.3 Å². The first-order valence-corrected chi connectivity index (χ1v) is 7.16. The van der Waals surface area contributed by atoms with Gasteiger partial charge >= 0.3 is 0 Å². The van der Waals surface area contributed by atoms with E-state index in [1.807, 2.05) is 18.2 Å². The summed E-state index contributed by atoms with van der Waals surface area (Å²) in [5.41, 5.74) is 11.2. The van der Waals surface area contributed by atoms with Crippen molar-refractivity contribution < 1.29 is 0 Å². The maximum Gasteiger partial charge on any atom is 0.0952 e. The first-order valence-electron chi connectivity index (χ1n) is 7.16. The van der Waals surface area contributed by atoms with E-state index < -0.39 is 0 Å². The first kappa shape index (κ1) is 13.4. The number of pyridine rings is 1. The van der Waals surface area contributed by atoms with Gasteiger partial charge < -0.3 is 10.6 Å². The average Bonchev–Trinajstić information content (AvgIpc) is 2.55. The molecule has 0 saturated carbocycles. The zero-order valence-electron chi connectivity index (χ0n) is 12.4. The molecule has 0 spiro atoms. The van der Waals surface area contributed by atoms with Crippen LogP contribution >= 0.6 is 0 Å². The van der Waals surface area contributed by atoms with E-state index in [1.54, 1.807) is 6.20 Å². The molecule has 3 heteroatoms. The minimum Gasteiger partial charge on any atom is -0.397 e. The predicted octanol–water partition coefficient (Wildman–Crippen LogP) is 4.15. The van der Waals surface area contributed by atoms with Crippen LogP contribution in [0, 0.1) is 0 Å². The van der Waals surface area contributed by atoms with E-state index >= 15 is 0 Å². The van der Waals surface area contributed by atoms with Gasteiger partial charge in [-0.2, -0.15) is 0 Å². The van der Waals surface area contributed by atoms with Gasteiger partial charge in [-0.05, 0) is 48.4 Å². The molecule has 2 aromatic carbocycles. The van der Waals surface area contributed by atoms with E-state index in [0.717, 1.165) is 28.7 Å². The van der Waals surface area contributed by atoms with Gasteiger partial charge in [-0.3, -0.25) is 4.98 Å². The standard InChI is InChI=1S/C18H19N3/c1-3-13-6-8-14(9-7-13)21(2)17-11-10-16(19)18-15(17)5-4-12-20-18/h4-12H,3,19H2,1-2H3. The van der Waals surface area contributed by atoms with Crippen molar-refractivity contribution in [2.75, 3.05) is 17.7 Å². The molecule has 0 aliphatic carbocycles. The summed E-state index contributed by atoms with van der Waals surface area (Å²) in [5, 5.41) is 1.07. The fourth-order valence-corrected chi connectivity index (χ4v) is 2.57. The van der Waals surface area contributed by atoms with Crippen LogP contribution in [0.25, 0.3) is 10.9 Å². The molecule has 0 aliphatic rings. The normalized spacial score (nSPS) is 10.8. The van der Waals surface area contributed by atoms with Crippen molar-refractivity contribution in [3.63, 3.8) is 0 Å². The molecule has 3 nitrogen and oxygen atoms in total. The number of aryl methyl sites for hydroxylation is 1. The lowest BCUT2D eigenvalue weighted by atomic mass is 10.1. The Morgan fingerprint density at radius 1 is 1.05 bits per heavy atom. The maximum absolute atomic E-state index is 6.02. The van der Waals surface area contributed by atoms with Crippen LogP contribution in [-0.2, 0) is 6.42 Å². The maximum atomic E-state index is 6.02. The number of aromatic nitrogens is 1. The Kier molecular flexibility index (Phi) is 3.48. The molecule has 0 aliphatic heterocycles. The van der Waals surface area contributed by atoms with Gasteiger partial charge in [-0.25, -0.2) is 0 Å². The van der Waals surface area contributed by atoms with Crippen LogP contribution in [0.3, 0.4) is 0 Å². The van der Waals surface area contributed by atoms with Crippen LogP contribution in [0.1, 0.15) is 12.5 Å². The summed E-state index contributed by atoms with van der Waals surface area (Å²) in [6, 6.07) is 16.6. The Hall–Kier alpha value is -2.55. The summed E-state index contributed by atoms with van der Waals surface area (Å²) < 4.78 is 0. The second-order valence-corrected chi connectivity index (χ2v) is 5.15. The van der Waals surface area contributed by atoms with Gasteiger partial charge in [0.15, 0.2) is 0 Å². The predicted molar refractivity (Wildman–Crippen MR) is 90.0 cm³/mol. The van der Waals surface area contributed by atoms with E-state index in [1.165, 1.54) is 5.56 Å². The molecule has 0 amide bonds. The van der Waals surface area contributed by atoms with E-state index in [9.17, 15) is 0 Å². The summed E-state index contributed by atoms with van der Waals surface area (Å²) in [6.45, 7) is 2.16. The highest BCUT2D eigenvalue weighted by molar-refractivity contribution is 5.99. The lowest BCUT2D eigenvalue weighted by molar-refractivity contribution is 1.13. The molecule has 0 fully saturated rings. The Morgan fingerprint density at radius 2 is 1.81 bits per heavy atom. The number of hydrogen-bond acceptors (Lipinski definition) is 3. The molecule has 3 rings (SSSR count). The fraction of sp³-hybridized carbons (Fsp3) is 0.167. The van der Waals surface area contributed by atoms with Crippen LogP contribution in [0.2, 0.25) is 0 Å². The molecule has 2 N–H and O–H groups in total. The minimum absolute atomic E-state index is 0.712. The van der Waals surface area contributed by atoms with Gasteiger partial charge in [-0.1, -0.05) is 19.1 Å². The van der Waals surface area contributed by atoms with Gasteiger partial charge in [0.2, 0.25) is 0 Å². The highest BCUT2D eigenvalue weighted by Crippen LogP contribution is 2.32. The number of rotatable bonds is 3. The van der Waals surface area contributed by atoms with Crippen molar-refractivity contribution in [2.24, 2.45) is 0 Å². The van der Waals surface area contributed by atoms with E-state index in [-0.39, 0.29) is 0 Å². The molecule has 0 radical (unpaired) electrons. The van der Waals surface area contributed by atoms with Gasteiger partial charge in [-0.15, -0.1) is 0 Å². The molecular formula is C18H19N3. The number of anilines is 3. The average molecular weight is 277 g/mol. The number of benzene rings is 2. The number of nitrogens with zero attached hydrogens (tertiary/aromatic N) is 2. The van der Waals surface area contributed by atoms with E-state index in [4.69, 9.17) is 5.73 Å². The topological polar surface area (TPSA) is 42.1 Å². The smallest absolute Gasteiger partial charge is 0.0952 e. The van der Waals surface area contributed by atoms with Crippen LogP contribution in [0.5, 0.6) is 0 Å². The number of nitrogens with two attached hydrogens (primary N) is 1. The lowest BCUT2D eigenvalue weighted by Gasteiger charge is -2.22. The number of nitrogen functional groups attached to an aromatic ring is 1. The summed E-state index contributed by atoms with van der Waals surface area (Å²) in [7, 11) is 2.07. The van der Waals surface area contributed by atoms with Gasteiger partial charge in [0.05, 0.1) is 16.9 Å². The Bertz CT molecular complexity index is 763. The van der Waals surface area contributed by atoms with E-state index in [0.29, 0.717) is 5.69 Å². The second-order valence-electron chi connectivity index (χ2n) is 5.15. The van der Waals surface area contributed by atoms with E-state index in [2.05, 4.69) is 54.2 Å². The number of hydrogen-bond donors (Lipinski definition) is 1. The van der Waals surface area contributed by atoms with Crippen molar-refractivity contribution in [1.82, 2.24) is 4.98 Å². The van der Waals surface area contributed by atoms with Crippen molar-refractivity contribution >= 4 is 28.0 Å². The quantitative estimate of drug-likeness (QED) is 0.731. The highest BCUT2D eigenvalue weighted by atomic mass is 15.1. The molecule has 21 heavy (non-hydrogen) atoms. The van der Waals surface area contributed by atoms with Gasteiger partial charge in [0, 0.05) is 24.3 Å². The van der Waals surface area contributed by atoms with Crippen LogP contribution < -0.4 is 10.6 Å². The third-order valence-electron chi connectivity index (χ3n) is 3.87. The lowest BCUT2D eigenvalue weighted by Crippen LogP contribution is -2.10. The number of fused-ring (bicyclic) bond motifs is 1. The fourth-order valence-electron chi connectivity index (χ4n) is 2.57. The Labute approximate surface area is 125 Å². The molecule has 3 aromatic rings. The summed E-state index contributed by atoms with van der Waals surface area (Å²) in [6.07, 6.45) is 2.83. The summed E-state index contributed by atoms with van der Waals surface area (Å²) >= 11 is 0. The highest BCUT2D eigenvalue weighted by Gasteiger charge is 2.10. The van der Waals surface area contributed by atoms with Crippen molar-refractivity contribution in [1.29, 1.82) is 0 Å². The SMILES string of the molecule is CCc1ccc(N(C)c2ccc(N)c3ncccc23)cc1. The third kappa shape index (κ3) is 2.42. The van der Waals surface area contributed by atoms with Crippen LogP contribution in [0.4, 0.5) is 17.1 Å². The monoisotopic (exact) mass is 277 g/mol. The first-order chi connectivity index (χ1) is 10.2. The molecule has 0 saturated heterocycles. The van der Waals surface area contributed by atoms with Gasteiger partial charge in [0.1, 0.15) is 0 Å². The molecule has 0 atom stereocenters. The Morgan fingerprint density at radius 3 is 2.52 bits per heavy atom. The molecular weight excluding hydrogens is 258 g/mol. The van der Waals surface area contributed by atoms with Crippen molar-refractivity contribution in [3.8, 4) is 0 Å². The molecule has 1 heterocycles. The Balaban J connectivity index is 2.08. The largest absolute Gasteiger partial charge is 0.397 e. The summed E-state index contributed by atoms with van der Waals surface area (Å²) in [5.74, 6) is 0. The van der Waals surface area contributed by atoms with Crippen LogP contribution in [0.15, 0.2) is 54.7 Å². The molecule has 1 aromatic heterocycles. The van der Waals surface area contributed by atoms with Gasteiger partial charge in [0.25, 0.3) is 0 Å². The second kappa shape index (κ2) is 5.44. The zero-order valence-corrected chi connectivity index (χ0v) is 12.4. The third-order valence-corrected chi connectivity index (χ3v) is 3.87. The molecule has 0 unspecified atom stereocenters. The zero-order chi connectivity index (χ0) is 14.8. The molecule has 106 valence electrons. The van der Waals surface area contributed by atoms with Crippen LogP contribution in [-0.4, -0.2) is 12.0 Å². The summed E-state index contributed by atoms with van der Waals surface area (Å²) in [4.78, 5) is 6.56. The molecule has 0 bridgehead atoms.